The van der Waals surface area contributed by atoms with Crippen molar-refractivity contribution >= 4 is 22.9 Å². The molecule has 0 saturated carbocycles. The van der Waals surface area contributed by atoms with Gasteiger partial charge in [0.25, 0.3) is 0 Å². The molecule has 3 aromatic heterocycles. The standard InChI is InChI=1S/C22H19N7O2/c1-15-4-3-5-17(10-15)29-21-19(12-24-29)22-26-20(27-28(22)14-23-21)13-31-25-11-16-6-8-18(30-2)9-7-16/h3-12,14H,13H2,1-2H3/b25-11-. The fourth-order valence-electron chi connectivity index (χ4n) is 3.26. The highest BCUT2D eigenvalue weighted by Gasteiger charge is 2.13. The zero-order valence-electron chi connectivity index (χ0n) is 17.0. The second-order valence-corrected chi connectivity index (χ2v) is 6.95. The van der Waals surface area contributed by atoms with E-state index in [9.17, 15) is 0 Å². The average molecular weight is 413 g/mol. The molecule has 3 heterocycles. The molecule has 0 bridgehead atoms. The summed E-state index contributed by atoms with van der Waals surface area (Å²) < 4.78 is 8.56. The molecule has 0 saturated heterocycles. The maximum atomic E-state index is 5.37. The van der Waals surface area contributed by atoms with E-state index < -0.39 is 0 Å². The first-order valence-electron chi connectivity index (χ1n) is 9.66. The van der Waals surface area contributed by atoms with Gasteiger partial charge in [0.1, 0.15) is 12.1 Å². The number of oxime groups is 1. The van der Waals surface area contributed by atoms with E-state index in [1.165, 1.54) is 0 Å². The summed E-state index contributed by atoms with van der Waals surface area (Å²) in [5.41, 5.74) is 4.39. The Morgan fingerprint density at radius 2 is 1.97 bits per heavy atom. The van der Waals surface area contributed by atoms with Gasteiger partial charge in [-0.3, -0.25) is 0 Å². The van der Waals surface area contributed by atoms with Crippen molar-refractivity contribution in [2.75, 3.05) is 7.11 Å². The van der Waals surface area contributed by atoms with Crippen molar-refractivity contribution in [3.63, 3.8) is 0 Å². The zero-order valence-corrected chi connectivity index (χ0v) is 17.0. The van der Waals surface area contributed by atoms with Crippen molar-refractivity contribution < 1.29 is 9.57 Å². The second-order valence-electron chi connectivity index (χ2n) is 6.95. The molecule has 0 atom stereocenters. The van der Waals surface area contributed by atoms with Crippen LogP contribution in [0.5, 0.6) is 5.75 Å². The van der Waals surface area contributed by atoms with E-state index >= 15 is 0 Å². The number of aryl methyl sites for hydroxylation is 1. The van der Waals surface area contributed by atoms with E-state index in [2.05, 4.69) is 31.4 Å². The van der Waals surface area contributed by atoms with Gasteiger partial charge >= 0.3 is 0 Å². The van der Waals surface area contributed by atoms with E-state index in [0.29, 0.717) is 11.5 Å². The molecule has 0 radical (unpaired) electrons. The third kappa shape index (κ3) is 3.68. The van der Waals surface area contributed by atoms with Gasteiger partial charge in [0.15, 0.2) is 23.7 Å². The average Bonchev–Trinajstić information content (AvgIpc) is 3.41. The highest BCUT2D eigenvalue weighted by molar-refractivity contribution is 5.89. The van der Waals surface area contributed by atoms with Crippen LogP contribution in [0.25, 0.3) is 22.4 Å². The van der Waals surface area contributed by atoms with Crippen molar-refractivity contribution in [1.29, 1.82) is 0 Å². The third-order valence-corrected chi connectivity index (χ3v) is 4.78. The van der Waals surface area contributed by atoms with Crippen molar-refractivity contribution in [2.45, 2.75) is 13.5 Å². The van der Waals surface area contributed by atoms with Gasteiger partial charge in [0.2, 0.25) is 0 Å². The monoisotopic (exact) mass is 413 g/mol. The molecule has 0 amide bonds. The number of methoxy groups -OCH3 is 1. The number of ether oxygens (including phenoxy) is 1. The molecule has 0 fully saturated rings. The van der Waals surface area contributed by atoms with E-state index in [-0.39, 0.29) is 6.61 Å². The molecule has 9 nitrogen and oxygen atoms in total. The minimum Gasteiger partial charge on any atom is -0.497 e. The lowest BCUT2D eigenvalue weighted by molar-refractivity contribution is 0.126. The van der Waals surface area contributed by atoms with Crippen LogP contribution >= 0.6 is 0 Å². The predicted molar refractivity (Wildman–Crippen MR) is 116 cm³/mol. The summed E-state index contributed by atoms with van der Waals surface area (Å²) in [6, 6.07) is 15.6. The van der Waals surface area contributed by atoms with Crippen molar-refractivity contribution in [2.24, 2.45) is 5.16 Å². The van der Waals surface area contributed by atoms with Gasteiger partial charge < -0.3 is 9.57 Å². The molecule has 0 unspecified atom stereocenters. The summed E-state index contributed by atoms with van der Waals surface area (Å²) in [6.45, 7) is 2.19. The second kappa shape index (κ2) is 7.86. The summed E-state index contributed by atoms with van der Waals surface area (Å²) in [5.74, 6) is 1.29. The number of nitrogens with zero attached hydrogens (tertiary/aromatic N) is 7. The van der Waals surface area contributed by atoms with Crippen LogP contribution in [0, 0.1) is 6.92 Å². The zero-order chi connectivity index (χ0) is 21.2. The molecule has 2 aromatic carbocycles. The number of hydrogen-bond donors (Lipinski definition) is 0. The first-order chi connectivity index (χ1) is 15.2. The molecule has 9 heteroatoms. The van der Waals surface area contributed by atoms with E-state index in [1.54, 1.807) is 35.0 Å². The Kier molecular flexibility index (Phi) is 4.75. The van der Waals surface area contributed by atoms with Crippen LogP contribution in [0.15, 0.2) is 66.2 Å². The summed E-state index contributed by atoms with van der Waals surface area (Å²) in [7, 11) is 1.63. The lowest BCUT2D eigenvalue weighted by Crippen LogP contribution is -1.99. The van der Waals surface area contributed by atoms with E-state index in [4.69, 9.17) is 9.57 Å². The SMILES string of the molecule is COc1ccc(/C=N\OCc2nc3c4cnn(-c5cccc(C)c5)c4ncn3n2)cc1. The molecular weight excluding hydrogens is 394 g/mol. The Morgan fingerprint density at radius 1 is 1.10 bits per heavy atom. The summed E-state index contributed by atoms with van der Waals surface area (Å²) in [6.07, 6.45) is 5.00. The topological polar surface area (TPSA) is 91.7 Å². The molecule has 31 heavy (non-hydrogen) atoms. The van der Waals surface area contributed by atoms with Crippen LogP contribution in [0.1, 0.15) is 17.0 Å². The fourth-order valence-corrected chi connectivity index (χ4v) is 3.26. The number of rotatable bonds is 6. The maximum absolute atomic E-state index is 5.37. The Labute approximate surface area is 177 Å². The predicted octanol–water partition coefficient (Wildman–Crippen LogP) is 3.33. The smallest absolute Gasteiger partial charge is 0.192 e. The van der Waals surface area contributed by atoms with Gasteiger partial charge in [0.05, 0.1) is 30.6 Å². The van der Waals surface area contributed by atoms with Gasteiger partial charge in [0, 0.05) is 0 Å². The van der Waals surface area contributed by atoms with Crippen molar-refractivity contribution in [3.05, 3.63) is 78.0 Å². The summed E-state index contributed by atoms with van der Waals surface area (Å²) >= 11 is 0. The first-order valence-corrected chi connectivity index (χ1v) is 9.66. The highest BCUT2D eigenvalue weighted by Crippen LogP contribution is 2.20. The third-order valence-electron chi connectivity index (χ3n) is 4.78. The Hall–Kier alpha value is -4.27. The summed E-state index contributed by atoms with van der Waals surface area (Å²) in [5, 5.41) is 13.7. The molecule has 0 aliphatic heterocycles. The van der Waals surface area contributed by atoms with Gasteiger partial charge in [-0.2, -0.15) is 5.10 Å². The van der Waals surface area contributed by atoms with Crippen LogP contribution in [-0.2, 0) is 11.4 Å². The summed E-state index contributed by atoms with van der Waals surface area (Å²) in [4.78, 5) is 14.5. The lowest BCUT2D eigenvalue weighted by Gasteiger charge is -2.03. The molecule has 0 N–H and O–H groups in total. The molecular formula is C22H19N7O2. The number of aromatic nitrogens is 6. The number of hydrogen-bond acceptors (Lipinski definition) is 7. The molecule has 0 spiro atoms. The van der Waals surface area contributed by atoms with Crippen LogP contribution in [-0.4, -0.2) is 42.7 Å². The first kappa shape index (κ1) is 18.7. The molecule has 5 aromatic rings. The Bertz CT molecular complexity index is 1390. The Balaban J connectivity index is 1.36. The van der Waals surface area contributed by atoms with Crippen LogP contribution in [0.4, 0.5) is 0 Å². The largest absolute Gasteiger partial charge is 0.497 e. The highest BCUT2D eigenvalue weighted by atomic mass is 16.6. The normalized spacial score (nSPS) is 11.5. The van der Waals surface area contributed by atoms with Gasteiger partial charge in [-0.05, 0) is 54.4 Å². The van der Waals surface area contributed by atoms with Crippen LogP contribution < -0.4 is 4.74 Å². The molecule has 154 valence electrons. The molecule has 5 rings (SSSR count). The molecule has 0 aliphatic rings. The number of benzene rings is 2. The lowest BCUT2D eigenvalue weighted by atomic mass is 10.2. The van der Waals surface area contributed by atoms with E-state index in [0.717, 1.165) is 33.6 Å². The van der Waals surface area contributed by atoms with Crippen molar-refractivity contribution in [3.8, 4) is 11.4 Å². The van der Waals surface area contributed by atoms with Crippen LogP contribution in [0.2, 0.25) is 0 Å². The van der Waals surface area contributed by atoms with Gasteiger partial charge in [-0.25, -0.2) is 19.2 Å². The van der Waals surface area contributed by atoms with E-state index in [1.807, 2.05) is 49.4 Å². The van der Waals surface area contributed by atoms with Crippen LogP contribution in [0.3, 0.4) is 0 Å². The Morgan fingerprint density at radius 3 is 2.77 bits per heavy atom. The maximum Gasteiger partial charge on any atom is 0.192 e. The molecule has 0 aliphatic carbocycles. The minimum absolute atomic E-state index is 0.141. The van der Waals surface area contributed by atoms with Gasteiger partial charge in [-0.1, -0.05) is 17.3 Å². The number of fused-ring (bicyclic) bond motifs is 3. The minimum atomic E-state index is 0.141. The van der Waals surface area contributed by atoms with Gasteiger partial charge in [-0.15, -0.1) is 5.10 Å². The fraction of sp³-hybridized carbons (Fsp3) is 0.136. The van der Waals surface area contributed by atoms with Crippen molar-refractivity contribution in [1.82, 2.24) is 29.4 Å². The quantitative estimate of drug-likeness (QED) is 0.313.